The molecule has 0 radical (unpaired) electrons. The summed E-state index contributed by atoms with van der Waals surface area (Å²) in [6.07, 6.45) is 0.111. The molecule has 2 amide bonds. The molecule has 1 aromatic heterocycles. The number of amides is 2. The summed E-state index contributed by atoms with van der Waals surface area (Å²) in [6, 6.07) is 13.0. The minimum Gasteiger partial charge on any atom is -0.493 e. The summed E-state index contributed by atoms with van der Waals surface area (Å²) in [5.41, 5.74) is 5.61. The molecule has 1 heterocycles. The average molecular weight is 466 g/mol. The molecule has 0 aliphatic carbocycles. The summed E-state index contributed by atoms with van der Waals surface area (Å²) in [7, 11) is 3.07. The van der Waals surface area contributed by atoms with Gasteiger partial charge in [-0.05, 0) is 31.5 Å². The molecular formula is C24H27N5O5. The topological polar surface area (TPSA) is 128 Å². The van der Waals surface area contributed by atoms with E-state index in [-0.39, 0.29) is 31.2 Å². The highest BCUT2D eigenvalue weighted by Crippen LogP contribution is 2.27. The van der Waals surface area contributed by atoms with Crippen LogP contribution in [0.4, 0.5) is 0 Å². The van der Waals surface area contributed by atoms with Crippen molar-refractivity contribution >= 4 is 17.5 Å². The molecule has 2 N–H and O–H groups in total. The average Bonchev–Trinajstić information content (AvgIpc) is 3.31. The zero-order chi connectivity index (χ0) is 24.5. The molecule has 0 aliphatic rings. The normalized spacial score (nSPS) is 11.1. The lowest BCUT2D eigenvalue weighted by Gasteiger charge is -2.09. The smallest absolute Gasteiger partial charge is 0.246 e. The van der Waals surface area contributed by atoms with Crippen LogP contribution in [0.25, 0.3) is 11.4 Å². The fourth-order valence-electron chi connectivity index (χ4n) is 3.03. The van der Waals surface area contributed by atoms with Crippen molar-refractivity contribution in [1.82, 2.24) is 20.9 Å². The Labute approximate surface area is 197 Å². The Bertz CT molecular complexity index is 1170. The number of benzene rings is 2. The van der Waals surface area contributed by atoms with Crippen LogP contribution in [0.3, 0.4) is 0 Å². The van der Waals surface area contributed by atoms with Gasteiger partial charge < -0.3 is 19.3 Å². The molecule has 0 saturated heterocycles. The minimum absolute atomic E-state index is 0.00952. The van der Waals surface area contributed by atoms with Crippen molar-refractivity contribution in [1.29, 1.82) is 0 Å². The number of nitrogens with zero attached hydrogens (tertiary/aromatic N) is 3. The SMILES string of the molecule is COc1ccc(CC(=O)N/N=C(/C)CC(=O)NCc2nc(-c3ccc(C)cc3)no2)cc1OC. The zero-order valence-electron chi connectivity index (χ0n) is 19.5. The Kier molecular flexibility index (Phi) is 8.33. The molecule has 0 atom stereocenters. The number of hydrogen-bond acceptors (Lipinski definition) is 8. The van der Waals surface area contributed by atoms with E-state index in [1.54, 1.807) is 32.2 Å². The van der Waals surface area contributed by atoms with E-state index in [9.17, 15) is 9.59 Å². The molecule has 0 fully saturated rings. The largest absolute Gasteiger partial charge is 0.493 e. The number of hydrogen-bond donors (Lipinski definition) is 2. The van der Waals surface area contributed by atoms with Gasteiger partial charge in [0.25, 0.3) is 0 Å². The second-order valence-corrected chi connectivity index (χ2v) is 7.58. The third-order valence-corrected chi connectivity index (χ3v) is 4.82. The fraction of sp³-hybridized carbons (Fsp3) is 0.292. The highest BCUT2D eigenvalue weighted by molar-refractivity contribution is 6.00. The summed E-state index contributed by atoms with van der Waals surface area (Å²) in [5, 5.41) is 10.6. The van der Waals surface area contributed by atoms with E-state index in [4.69, 9.17) is 14.0 Å². The maximum Gasteiger partial charge on any atom is 0.246 e. The maximum absolute atomic E-state index is 12.2. The van der Waals surface area contributed by atoms with Crippen molar-refractivity contribution < 1.29 is 23.6 Å². The van der Waals surface area contributed by atoms with Gasteiger partial charge in [0.05, 0.1) is 33.6 Å². The number of aromatic nitrogens is 2. The highest BCUT2D eigenvalue weighted by atomic mass is 16.5. The first-order valence-corrected chi connectivity index (χ1v) is 10.6. The van der Waals surface area contributed by atoms with Gasteiger partial charge in [-0.25, -0.2) is 5.43 Å². The van der Waals surface area contributed by atoms with Crippen LogP contribution in [0.1, 0.15) is 30.4 Å². The monoisotopic (exact) mass is 465 g/mol. The number of ether oxygens (including phenoxy) is 2. The lowest BCUT2D eigenvalue weighted by molar-refractivity contribution is -0.121. The van der Waals surface area contributed by atoms with Crippen LogP contribution in [0.15, 0.2) is 52.1 Å². The van der Waals surface area contributed by atoms with Gasteiger partial charge >= 0.3 is 0 Å². The lowest BCUT2D eigenvalue weighted by atomic mass is 10.1. The number of nitrogens with one attached hydrogen (secondary N) is 2. The molecule has 34 heavy (non-hydrogen) atoms. The number of carbonyl (C=O) groups excluding carboxylic acids is 2. The van der Waals surface area contributed by atoms with Gasteiger partial charge in [0, 0.05) is 11.3 Å². The van der Waals surface area contributed by atoms with Crippen LogP contribution in [-0.4, -0.2) is 41.9 Å². The molecule has 0 spiro atoms. The fourth-order valence-corrected chi connectivity index (χ4v) is 3.03. The Morgan fingerprint density at radius 2 is 1.76 bits per heavy atom. The number of rotatable bonds is 10. The van der Waals surface area contributed by atoms with Gasteiger partial charge in [-0.15, -0.1) is 0 Å². The minimum atomic E-state index is -0.318. The van der Waals surface area contributed by atoms with Crippen LogP contribution < -0.4 is 20.2 Å². The van der Waals surface area contributed by atoms with Crippen LogP contribution >= 0.6 is 0 Å². The third kappa shape index (κ3) is 6.89. The first-order chi connectivity index (χ1) is 16.4. The van der Waals surface area contributed by atoms with Crippen LogP contribution in [0, 0.1) is 6.92 Å². The van der Waals surface area contributed by atoms with E-state index in [2.05, 4.69) is 26.0 Å². The van der Waals surface area contributed by atoms with Gasteiger partial charge in [0.2, 0.25) is 23.5 Å². The van der Waals surface area contributed by atoms with Crippen molar-refractivity contribution in [2.24, 2.45) is 5.10 Å². The van der Waals surface area contributed by atoms with Crippen molar-refractivity contribution in [2.45, 2.75) is 33.2 Å². The van der Waals surface area contributed by atoms with Crippen LogP contribution in [0.5, 0.6) is 11.5 Å². The Balaban J connectivity index is 1.45. The summed E-state index contributed by atoms with van der Waals surface area (Å²) in [5.74, 6) is 1.27. The van der Waals surface area contributed by atoms with Crippen LogP contribution in [0.2, 0.25) is 0 Å². The maximum atomic E-state index is 12.2. The van der Waals surface area contributed by atoms with E-state index in [1.807, 2.05) is 31.2 Å². The lowest BCUT2D eigenvalue weighted by Crippen LogP contribution is -2.26. The summed E-state index contributed by atoms with van der Waals surface area (Å²) in [4.78, 5) is 28.7. The van der Waals surface area contributed by atoms with Gasteiger partial charge in [-0.2, -0.15) is 10.1 Å². The van der Waals surface area contributed by atoms with Crippen molar-refractivity contribution in [2.75, 3.05) is 14.2 Å². The third-order valence-electron chi connectivity index (χ3n) is 4.82. The second-order valence-electron chi connectivity index (χ2n) is 7.58. The molecule has 0 bridgehead atoms. The molecule has 3 aromatic rings. The van der Waals surface area contributed by atoms with E-state index < -0.39 is 0 Å². The molecule has 10 nitrogen and oxygen atoms in total. The van der Waals surface area contributed by atoms with E-state index in [1.165, 1.54) is 7.11 Å². The van der Waals surface area contributed by atoms with Crippen molar-refractivity contribution in [3.8, 4) is 22.9 Å². The first kappa shape index (κ1) is 24.4. The van der Waals surface area contributed by atoms with Gasteiger partial charge in [-0.3, -0.25) is 9.59 Å². The zero-order valence-corrected chi connectivity index (χ0v) is 19.5. The second kappa shape index (κ2) is 11.6. The van der Waals surface area contributed by atoms with Crippen molar-refractivity contribution in [3.05, 3.63) is 59.5 Å². The Morgan fingerprint density at radius 1 is 1.03 bits per heavy atom. The molecular weight excluding hydrogens is 438 g/mol. The van der Waals surface area contributed by atoms with Crippen LogP contribution in [-0.2, 0) is 22.6 Å². The molecule has 2 aromatic carbocycles. The predicted octanol–water partition coefficient (Wildman–Crippen LogP) is 2.80. The number of methoxy groups -OCH3 is 2. The van der Waals surface area contributed by atoms with E-state index in [0.717, 1.165) is 16.7 Å². The van der Waals surface area contributed by atoms with E-state index in [0.29, 0.717) is 28.9 Å². The quantitative estimate of drug-likeness (QED) is 0.348. The molecule has 178 valence electrons. The molecule has 0 aliphatic heterocycles. The first-order valence-electron chi connectivity index (χ1n) is 10.6. The van der Waals surface area contributed by atoms with Crippen molar-refractivity contribution in [3.63, 3.8) is 0 Å². The van der Waals surface area contributed by atoms with Gasteiger partial charge in [0.1, 0.15) is 0 Å². The standard InChI is InChI=1S/C24H27N5O5/c1-15-5-8-18(9-6-15)24-26-23(34-29-24)14-25-21(30)11-16(2)27-28-22(31)13-17-7-10-19(32-3)20(12-17)33-4/h5-10,12H,11,13-14H2,1-4H3,(H,25,30)(H,28,31)/b27-16-. The summed E-state index contributed by atoms with van der Waals surface area (Å²) >= 11 is 0. The summed E-state index contributed by atoms with van der Waals surface area (Å²) < 4.78 is 15.6. The summed E-state index contributed by atoms with van der Waals surface area (Å²) in [6.45, 7) is 3.74. The number of carbonyl (C=O) groups is 2. The number of aryl methyl sites for hydroxylation is 1. The Hall–Kier alpha value is -4.21. The molecule has 0 saturated carbocycles. The molecule has 10 heteroatoms. The molecule has 0 unspecified atom stereocenters. The van der Waals surface area contributed by atoms with E-state index >= 15 is 0 Å². The molecule has 3 rings (SSSR count). The highest BCUT2D eigenvalue weighted by Gasteiger charge is 2.12. The predicted molar refractivity (Wildman–Crippen MR) is 125 cm³/mol. The Morgan fingerprint density at radius 3 is 2.47 bits per heavy atom. The van der Waals surface area contributed by atoms with Gasteiger partial charge in [-0.1, -0.05) is 41.1 Å². The van der Waals surface area contributed by atoms with Gasteiger partial charge in [0.15, 0.2) is 11.5 Å². The number of hydrazone groups is 1.